The molecule has 0 fully saturated rings. The van der Waals surface area contributed by atoms with E-state index in [0.29, 0.717) is 19.3 Å². The van der Waals surface area contributed by atoms with Crippen molar-refractivity contribution in [1.82, 2.24) is 10.6 Å². The number of esters is 1. The van der Waals surface area contributed by atoms with Crippen LogP contribution < -0.4 is 10.6 Å². The van der Waals surface area contributed by atoms with Crippen LogP contribution in [0.4, 0.5) is 0 Å². The van der Waals surface area contributed by atoms with E-state index in [0.717, 1.165) is 57.8 Å². The van der Waals surface area contributed by atoms with Crippen LogP contribution in [0.1, 0.15) is 264 Å². The van der Waals surface area contributed by atoms with Crippen LogP contribution in [-0.2, 0) is 23.9 Å². The van der Waals surface area contributed by atoms with Gasteiger partial charge in [-0.3, -0.25) is 14.4 Å². The largest absolute Gasteiger partial charge is 0.480 e. The van der Waals surface area contributed by atoms with Crippen molar-refractivity contribution >= 4 is 23.8 Å². The minimum absolute atomic E-state index is 0.00931. The predicted octanol–water partition coefficient (Wildman–Crippen LogP) is 13.4. The van der Waals surface area contributed by atoms with E-state index in [-0.39, 0.29) is 24.5 Å². The summed E-state index contributed by atoms with van der Waals surface area (Å²) in [6.45, 7) is 3.51. The van der Waals surface area contributed by atoms with E-state index >= 15 is 0 Å². The summed E-state index contributed by atoms with van der Waals surface area (Å²) in [5.74, 6) is -2.27. The lowest BCUT2D eigenvalue weighted by Gasteiger charge is -2.18. The van der Waals surface area contributed by atoms with E-state index in [1.54, 1.807) is 0 Å². The second-order valence-corrected chi connectivity index (χ2v) is 17.6. The van der Waals surface area contributed by atoms with Gasteiger partial charge < -0.3 is 25.6 Å². The fraction of sp³-hybridized carbons (Fsp3) is 0.882. The standard InChI is InChI=1S/C51H96N2O7/c1-3-5-7-9-11-13-15-16-17-18-19-20-21-22-23-24-26-28-30-35-39-43-50(57)60-46(40-36-32-29-27-25-14-12-10-8-6-4-2)41-37-33-31-34-38-42-48(55)52-44-49(56)53-47(45-54)51(58)59/h18-19,46-47,54H,3-17,20-45H2,1-2H3,(H,52,55)(H,53,56)(H,58,59)/b19-18-. The molecule has 0 aromatic heterocycles. The van der Waals surface area contributed by atoms with Gasteiger partial charge >= 0.3 is 11.9 Å². The summed E-state index contributed by atoms with van der Waals surface area (Å²) in [7, 11) is 0. The average Bonchev–Trinajstić information content (AvgIpc) is 3.23. The second-order valence-electron chi connectivity index (χ2n) is 17.6. The van der Waals surface area contributed by atoms with E-state index in [1.165, 1.54) is 173 Å². The number of aliphatic hydroxyl groups is 1. The Bertz CT molecular complexity index is 1020. The Labute approximate surface area is 369 Å². The zero-order valence-electron chi connectivity index (χ0n) is 39.2. The second kappa shape index (κ2) is 46.1. The van der Waals surface area contributed by atoms with E-state index in [9.17, 15) is 19.2 Å². The minimum Gasteiger partial charge on any atom is -0.480 e. The third-order valence-electron chi connectivity index (χ3n) is 11.8. The van der Waals surface area contributed by atoms with Crippen molar-refractivity contribution in [1.29, 1.82) is 0 Å². The van der Waals surface area contributed by atoms with Crippen molar-refractivity contribution < 1.29 is 34.1 Å². The van der Waals surface area contributed by atoms with Gasteiger partial charge in [0.2, 0.25) is 11.8 Å². The van der Waals surface area contributed by atoms with Crippen molar-refractivity contribution in [3.63, 3.8) is 0 Å². The number of allylic oxidation sites excluding steroid dienone is 2. The molecule has 0 spiro atoms. The lowest BCUT2D eigenvalue weighted by molar-refractivity contribution is -0.150. The zero-order chi connectivity index (χ0) is 44.0. The molecule has 2 unspecified atom stereocenters. The number of nitrogens with one attached hydrogen (secondary N) is 2. The fourth-order valence-electron chi connectivity index (χ4n) is 7.83. The van der Waals surface area contributed by atoms with Crippen molar-refractivity contribution in [3.8, 4) is 0 Å². The first kappa shape index (κ1) is 57.6. The Morgan fingerprint density at radius 3 is 1.25 bits per heavy atom. The van der Waals surface area contributed by atoms with Gasteiger partial charge in [0.1, 0.15) is 12.1 Å². The topological polar surface area (TPSA) is 142 Å². The molecule has 0 bridgehead atoms. The normalized spacial score (nSPS) is 12.4. The maximum atomic E-state index is 12.9. The monoisotopic (exact) mass is 849 g/mol. The average molecular weight is 849 g/mol. The summed E-state index contributed by atoms with van der Waals surface area (Å²) in [5, 5.41) is 22.6. The van der Waals surface area contributed by atoms with Gasteiger partial charge in [0.25, 0.3) is 0 Å². The highest BCUT2D eigenvalue weighted by Crippen LogP contribution is 2.19. The fourth-order valence-corrected chi connectivity index (χ4v) is 7.83. The molecule has 2 amide bonds. The molecule has 2 atom stereocenters. The molecule has 0 aromatic carbocycles. The molecule has 0 aliphatic carbocycles. The SMILES string of the molecule is CCCCCCCCCC/C=C\CCCCCCCCCCCC(=O)OC(CCCCCCCCCCCCC)CCCCCCCC(=O)NCC(=O)NC(CO)C(=O)O. The van der Waals surface area contributed by atoms with Crippen molar-refractivity contribution in [2.45, 2.75) is 276 Å². The van der Waals surface area contributed by atoms with Crippen LogP contribution in [0, 0.1) is 0 Å². The van der Waals surface area contributed by atoms with Crippen LogP contribution in [0.3, 0.4) is 0 Å². The van der Waals surface area contributed by atoms with Crippen molar-refractivity contribution in [2.24, 2.45) is 0 Å². The van der Waals surface area contributed by atoms with Gasteiger partial charge in [0.15, 0.2) is 0 Å². The van der Waals surface area contributed by atoms with Gasteiger partial charge in [-0.05, 0) is 64.2 Å². The van der Waals surface area contributed by atoms with Crippen LogP contribution >= 0.6 is 0 Å². The van der Waals surface area contributed by atoms with Crippen LogP contribution in [-0.4, -0.2) is 59.3 Å². The molecular weight excluding hydrogens is 753 g/mol. The van der Waals surface area contributed by atoms with Gasteiger partial charge in [0.05, 0.1) is 13.2 Å². The Hall–Kier alpha value is -2.42. The Morgan fingerprint density at radius 1 is 0.483 bits per heavy atom. The Balaban J connectivity index is 4.17. The Morgan fingerprint density at radius 2 is 0.850 bits per heavy atom. The van der Waals surface area contributed by atoms with Crippen LogP contribution in [0.15, 0.2) is 12.2 Å². The lowest BCUT2D eigenvalue weighted by Crippen LogP contribution is -2.47. The summed E-state index contributed by atoms with van der Waals surface area (Å²) in [6.07, 6.45) is 51.1. The number of carboxylic acids is 1. The minimum atomic E-state index is -1.38. The number of rotatable bonds is 47. The number of hydrogen-bond acceptors (Lipinski definition) is 6. The third-order valence-corrected chi connectivity index (χ3v) is 11.8. The van der Waals surface area contributed by atoms with E-state index in [1.807, 2.05) is 0 Å². The highest BCUT2D eigenvalue weighted by molar-refractivity contribution is 5.87. The summed E-state index contributed by atoms with van der Waals surface area (Å²) in [6, 6.07) is -1.38. The lowest BCUT2D eigenvalue weighted by atomic mass is 10.0. The molecule has 0 saturated carbocycles. The number of carboxylic acid groups (broad SMARTS) is 1. The summed E-state index contributed by atoms with van der Waals surface area (Å²) < 4.78 is 6.06. The van der Waals surface area contributed by atoms with Gasteiger partial charge in [-0.2, -0.15) is 0 Å². The highest BCUT2D eigenvalue weighted by atomic mass is 16.5. The quantitative estimate of drug-likeness (QED) is 0.0271. The number of hydrogen-bond donors (Lipinski definition) is 4. The summed E-state index contributed by atoms with van der Waals surface area (Å²) in [4.78, 5) is 47.7. The first-order chi connectivity index (χ1) is 29.3. The molecule has 4 N–H and O–H groups in total. The maximum Gasteiger partial charge on any atom is 0.328 e. The molecule has 0 aromatic rings. The third kappa shape index (κ3) is 42.3. The molecule has 0 aliphatic heterocycles. The molecule has 0 aliphatic rings. The van der Waals surface area contributed by atoms with Gasteiger partial charge in [-0.25, -0.2) is 4.79 Å². The Kier molecular flexibility index (Phi) is 44.2. The number of unbranched alkanes of at least 4 members (excludes halogenated alkanes) is 31. The maximum absolute atomic E-state index is 12.9. The van der Waals surface area contributed by atoms with Gasteiger partial charge in [-0.1, -0.05) is 199 Å². The summed E-state index contributed by atoms with van der Waals surface area (Å²) in [5.41, 5.74) is 0. The predicted molar refractivity (Wildman–Crippen MR) is 250 cm³/mol. The van der Waals surface area contributed by atoms with E-state index in [2.05, 4.69) is 36.6 Å². The van der Waals surface area contributed by atoms with Crippen LogP contribution in [0.25, 0.3) is 0 Å². The highest BCUT2D eigenvalue weighted by Gasteiger charge is 2.19. The molecule has 0 heterocycles. The molecule has 0 rings (SSSR count). The van der Waals surface area contributed by atoms with E-state index in [4.69, 9.17) is 14.9 Å². The van der Waals surface area contributed by atoms with E-state index < -0.39 is 24.5 Å². The molecule has 60 heavy (non-hydrogen) atoms. The van der Waals surface area contributed by atoms with Crippen molar-refractivity contribution in [2.75, 3.05) is 13.2 Å². The first-order valence-electron chi connectivity index (χ1n) is 25.6. The first-order valence-corrected chi connectivity index (χ1v) is 25.6. The van der Waals surface area contributed by atoms with Gasteiger partial charge in [-0.15, -0.1) is 0 Å². The number of aliphatic hydroxyl groups excluding tert-OH is 1. The van der Waals surface area contributed by atoms with Crippen LogP contribution in [0.5, 0.6) is 0 Å². The molecule has 0 saturated heterocycles. The number of amides is 2. The molecule has 352 valence electrons. The number of aliphatic carboxylic acids is 1. The number of carbonyl (C=O) groups is 4. The molecule has 9 heteroatoms. The van der Waals surface area contributed by atoms with Gasteiger partial charge in [0, 0.05) is 12.8 Å². The summed E-state index contributed by atoms with van der Waals surface area (Å²) >= 11 is 0. The molecule has 0 radical (unpaired) electrons. The molecule has 9 nitrogen and oxygen atoms in total. The number of carbonyl (C=O) groups excluding carboxylic acids is 3. The number of ether oxygens (including phenoxy) is 1. The van der Waals surface area contributed by atoms with Crippen molar-refractivity contribution in [3.05, 3.63) is 12.2 Å². The zero-order valence-corrected chi connectivity index (χ0v) is 39.2. The van der Waals surface area contributed by atoms with Crippen LogP contribution in [0.2, 0.25) is 0 Å². The molecular formula is C51H96N2O7. The smallest absolute Gasteiger partial charge is 0.328 e.